The quantitative estimate of drug-likeness (QED) is 0.860. The number of nitrogens with zero attached hydrogens (tertiary/aromatic N) is 1. The number of carbonyl (C=O) groups excluding carboxylic acids is 1. The molecule has 0 bridgehead atoms. The van der Waals surface area contributed by atoms with Crippen molar-refractivity contribution in [3.8, 4) is 11.8 Å². The Morgan fingerprint density at radius 2 is 1.95 bits per heavy atom. The van der Waals surface area contributed by atoms with E-state index in [1.54, 1.807) is 30.3 Å². The van der Waals surface area contributed by atoms with Crippen molar-refractivity contribution in [3.05, 3.63) is 53.6 Å². The number of anilines is 2. The van der Waals surface area contributed by atoms with Gasteiger partial charge in [0.15, 0.2) is 5.78 Å². The lowest BCUT2D eigenvalue weighted by Gasteiger charge is -2.10. The molecule has 1 N–H and O–H groups in total. The van der Waals surface area contributed by atoms with Gasteiger partial charge in [0.05, 0.1) is 12.7 Å². The van der Waals surface area contributed by atoms with Gasteiger partial charge in [0.25, 0.3) is 0 Å². The van der Waals surface area contributed by atoms with Gasteiger partial charge in [-0.25, -0.2) is 0 Å². The Hall–Kier alpha value is -2.80. The molecule has 0 fully saturated rings. The van der Waals surface area contributed by atoms with Gasteiger partial charge in [0.1, 0.15) is 11.8 Å². The molecular formula is C16H14N2O2. The lowest BCUT2D eigenvalue weighted by molar-refractivity contribution is 0.101. The number of nitrogens with one attached hydrogen (secondary N) is 1. The number of nitriles is 1. The van der Waals surface area contributed by atoms with Crippen LogP contribution in [0.15, 0.2) is 42.5 Å². The molecule has 0 aliphatic carbocycles. The maximum Gasteiger partial charge on any atom is 0.159 e. The summed E-state index contributed by atoms with van der Waals surface area (Å²) in [7, 11) is 1.52. The normalized spacial score (nSPS) is 9.65. The highest BCUT2D eigenvalue weighted by Crippen LogP contribution is 2.25. The van der Waals surface area contributed by atoms with Crippen LogP contribution in [0.4, 0.5) is 11.4 Å². The van der Waals surface area contributed by atoms with E-state index in [2.05, 4.69) is 11.4 Å². The van der Waals surface area contributed by atoms with Crippen LogP contribution in [0.2, 0.25) is 0 Å². The first-order valence-electron chi connectivity index (χ1n) is 6.10. The molecule has 4 heteroatoms. The Bertz CT molecular complexity index is 687. The number of ether oxygens (including phenoxy) is 1. The third-order valence-electron chi connectivity index (χ3n) is 2.88. The molecule has 2 rings (SSSR count). The van der Waals surface area contributed by atoms with Crippen LogP contribution in [0.5, 0.6) is 5.75 Å². The van der Waals surface area contributed by atoms with E-state index in [0.29, 0.717) is 16.9 Å². The summed E-state index contributed by atoms with van der Waals surface area (Å²) in [6, 6.07) is 14.5. The number of hydrogen-bond donors (Lipinski definition) is 1. The Balaban J connectivity index is 2.28. The van der Waals surface area contributed by atoms with E-state index >= 15 is 0 Å². The van der Waals surface area contributed by atoms with Crippen LogP contribution in [-0.4, -0.2) is 12.9 Å². The number of ketones is 1. The number of rotatable bonds is 4. The molecule has 0 amide bonds. The molecule has 0 saturated carbocycles. The summed E-state index contributed by atoms with van der Waals surface area (Å²) in [5, 5.41) is 12.1. The summed E-state index contributed by atoms with van der Waals surface area (Å²) in [5.41, 5.74) is 2.73. The molecule has 0 atom stereocenters. The molecule has 2 aromatic rings. The zero-order valence-corrected chi connectivity index (χ0v) is 11.3. The maximum atomic E-state index is 11.4. The lowest BCUT2D eigenvalue weighted by Crippen LogP contribution is -1.96. The van der Waals surface area contributed by atoms with Crippen molar-refractivity contribution >= 4 is 17.2 Å². The van der Waals surface area contributed by atoms with Crippen LogP contribution in [0.25, 0.3) is 0 Å². The predicted octanol–water partition coefficient (Wildman–Crippen LogP) is 3.51. The Kier molecular flexibility index (Phi) is 4.02. The molecule has 20 heavy (non-hydrogen) atoms. The second-order valence-electron chi connectivity index (χ2n) is 4.29. The molecule has 0 aliphatic rings. The van der Waals surface area contributed by atoms with Gasteiger partial charge in [-0.05, 0) is 31.2 Å². The average Bonchev–Trinajstić information content (AvgIpc) is 2.47. The van der Waals surface area contributed by atoms with Crippen molar-refractivity contribution in [2.24, 2.45) is 0 Å². The fourth-order valence-electron chi connectivity index (χ4n) is 1.84. The number of carbonyl (C=O) groups is 1. The van der Waals surface area contributed by atoms with Gasteiger partial charge in [0.2, 0.25) is 0 Å². The molecular weight excluding hydrogens is 252 g/mol. The van der Waals surface area contributed by atoms with Crippen LogP contribution in [-0.2, 0) is 0 Å². The van der Waals surface area contributed by atoms with Crippen LogP contribution < -0.4 is 10.1 Å². The van der Waals surface area contributed by atoms with Crippen LogP contribution in [0.3, 0.4) is 0 Å². The molecule has 0 spiro atoms. The van der Waals surface area contributed by atoms with Gasteiger partial charge in [0, 0.05) is 23.0 Å². The number of methoxy groups -OCH3 is 1. The smallest absolute Gasteiger partial charge is 0.159 e. The SMILES string of the molecule is COc1cc(Nc2cccc(C(C)=O)c2)ccc1C#N. The fourth-order valence-corrected chi connectivity index (χ4v) is 1.84. The van der Waals surface area contributed by atoms with Crippen molar-refractivity contribution in [1.29, 1.82) is 5.26 Å². The van der Waals surface area contributed by atoms with Gasteiger partial charge in [-0.3, -0.25) is 4.79 Å². The fraction of sp³-hybridized carbons (Fsp3) is 0.125. The van der Waals surface area contributed by atoms with Gasteiger partial charge in [-0.2, -0.15) is 5.26 Å². The molecule has 0 unspecified atom stereocenters. The number of hydrogen-bond acceptors (Lipinski definition) is 4. The minimum absolute atomic E-state index is 0.0195. The lowest BCUT2D eigenvalue weighted by atomic mass is 10.1. The molecule has 0 saturated heterocycles. The third kappa shape index (κ3) is 2.96. The van der Waals surface area contributed by atoms with Gasteiger partial charge in [-0.15, -0.1) is 0 Å². The van der Waals surface area contributed by atoms with Crippen molar-refractivity contribution < 1.29 is 9.53 Å². The second kappa shape index (κ2) is 5.89. The Morgan fingerprint density at radius 1 is 1.20 bits per heavy atom. The second-order valence-corrected chi connectivity index (χ2v) is 4.29. The molecule has 100 valence electrons. The number of Topliss-reactive ketones (excluding diaryl/α,β-unsaturated/α-hetero) is 1. The summed E-state index contributed by atoms with van der Waals surface area (Å²) in [6.45, 7) is 1.53. The molecule has 0 radical (unpaired) electrons. The largest absolute Gasteiger partial charge is 0.495 e. The topological polar surface area (TPSA) is 62.1 Å². The highest BCUT2D eigenvalue weighted by Gasteiger charge is 2.05. The van der Waals surface area contributed by atoms with E-state index in [1.807, 2.05) is 12.1 Å². The van der Waals surface area contributed by atoms with E-state index in [-0.39, 0.29) is 5.78 Å². The molecule has 0 aromatic heterocycles. The molecule has 4 nitrogen and oxygen atoms in total. The first-order valence-corrected chi connectivity index (χ1v) is 6.10. The standard InChI is InChI=1S/C16H14N2O2/c1-11(19)12-4-3-5-14(8-12)18-15-7-6-13(10-17)16(9-15)20-2/h3-9,18H,1-2H3. The first-order chi connectivity index (χ1) is 9.63. The monoisotopic (exact) mass is 266 g/mol. The van der Waals surface area contributed by atoms with E-state index in [9.17, 15) is 4.79 Å². The average molecular weight is 266 g/mol. The zero-order valence-electron chi connectivity index (χ0n) is 11.3. The van der Waals surface area contributed by atoms with E-state index < -0.39 is 0 Å². The molecule has 0 aliphatic heterocycles. The highest BCUT2D eigenvalue weighted by atomic mass is 16.5. The summed E-state index contributed by atoms with van der Waals surface area (Å²) in [6.07, 6.45) is 0. The van der Waals surface area contributed by atoms with E-state index in [0.717, 1.165) is 11.4 Å². The summed E-state index contributed by atoms with van der Waals surface area (Å²) >= 11 is 0. The first kappa shape index (κ1) is 13.6. The molecule has 0 heterocycles. The van der Waals surface area contributed by atoms with Crippen LogP contribution >= 0.6 is 0 Å². The maximum absolute atomic E-state index is 11.4. The molecule has 2 aromatic carbocycles. The van der Waals surface area contributed by atoms with Crippen molar-refractivity contribution in [2.75, 3.05) is 12.4 Å². The zero-order chi connectivity index (χ0) is 14.5. The Morgan fingerprint density at radius 3 is 2.60 bits per heavy atom. The summed E-state index contributed by atoms with van der Waals surface area (Å²) in [4.78, 5) is 11.4. The van der Waals surface area contributed by atoms with Gasteiger partial charge in [-0.1, -0.05) is 12.1 Å². The minimum atomic E-state index is 0.0195. The number of benzene rings is 2. The van der Waals surface area contributed by atoms with Crippen molar-refractivity contribution in [1.82, 2.24) is 0 Å². The van der Waals surface area contributed by atoms with Crippen molar-refractivity contribution in [3.63, 3.8) is 0 Å². The minimum Gasteiger partial charge on any atom is -0.495 e. The van der Waals surface area contributed by atoms with Crippen LogP contribution in [0.1, 0.15) is 22.8 Å². The van der Waals surface area contributed by atoms with Gasteiger partial charge >= 0.3 is 0 Å². The van der Waals surface area contributed by atoms with Crippen LogP contribution in [0, 0.1) is 11.3 Å². The van der Waals surface area contributed by atoms with E-state index in [4.69, 9.17) is 10.00 Å². The Labute approximate surface area is 117 Å². The predicted molar refractivity (Wildman–Crippen MR) is 77.4 cm³/mol. The summed E-state index contributed by atoms with van der Waals surface area (Å²) in [5.74, 6) is 0.534. The van der Waals surface area contributed by atoms with Gasteiger partial charge < -0.3 is 10.1 Å². The van der Waals surface area contributed by atoms with Crippen molar-refractivity contribution in [2.45, 2.75) is 6.92 Å². The summed E-state index contributed by atoms with van der Waals surface area (Å²) < 4.78 is 5.16. The van der Waals surface area contributed by atoms with E-state index in [1.165, 1.54) is 14.0 Å². The third-order valence-corrected chi connectivity index (χ3v) is 2.88. The highest BCUT2D eigenvalue weighted by molar-refractivity contribution is 5.95.